The van der Waals surface area contributed by atoms with Gasteiger partial charge in [-0.1, -0.05) is 6.42 Å². The maximum Gasteiger partial charge on any atom is 0.341 e. The highest BCUT2D eigenvalue weighted by molar-refractivity contribution is 7.80. The number of aryl methyl sites for hydroxylation is 1. The number of fused-ring (bicyclic) bond motifs is 1. The van der Waals surface area contributed by atoms with Crippen molar-refractivity contribution in [1.29, 1.82) is 0 Å². The lowest BCUT2D eigenvalue weighted by atomic mass is 10.1. The Morgan fingerprint density at radius 3 is 2.83 bits per heavy atom. The van der Waals surface area contributed by atoms with Gasteiger partial charge in [-0.15, -0.1) is 11.3 Å². The smallest absolute Gasteiger partial charge is 0.341 e. The third kappa shape index (κ3) is 5.16. The number of esters is 1. The Bertz CT molecular complexity index is 572. The van der Waals surface area contributed by atoms with Crippen molar-refractivity contribution in [2.24, 2.45) is 0 Å². The van der Waals surface area contributed by atoms with Gasteiger partial charge in [-0.25, -0.2) is 4.79 Å². The number of thiocarbonyl (C=S) groups is 1. The van der Waals surface area contributed by atoms with Crippen LogP contribution in [0.25, 0.3) is 0 Å². The topological polar surface area (TPSA) is 59.6 Å². The molecule has 0 bridgehead atoms. The molecule has 2 N–H and O–H groups in total. The third-order valence-electron chi connectivity index (χ3n) is 3.94. The van der Waals surface area contributed by atoms with E-state index in [9.17, 15) is 4.79 Å². The van der Waals surface area contributed by atoms with Gasteiger partial charge in [0, 0.05) is 25.1 Å². The van der Waals surface area contributed by atoms with Crippen molar-refractivity contribution in [3.8, 4) is 0 Å². The molecule has 1 heterocycles. The second kappa shape index (κ2) is 9.96. The SMILES string of the molecule is CCOC(=O)c1c(NC(=S)NCCCOC)sc2c1CCCCC2. The second-order valence-corrected chi connectivity index (χ2v) is 7.23. The van der Waals surface area contributed by atoms with E-state index >= 15 is 0 Å². The molecule has 0 fully saturated rings. The molecule has 0 spiro atoms. The molecule has 0 unspecified atom stereocenters. The van der Waals surface area contributed by atoms with E-state index in [4.69, 9.17) is 21.7 Å². The highest BCUT2D eigenvalue weighted by Crippen LogP contribution is 2.37. The average molecular weight is 371 g/mol. The summed E-state index contributed by atoms with van der Waals surface area (Å²) < 4.78 is 10.3. The van der Waals surface area contributed by atoms with Gasteiger partial charge < -0.3 is 20.1 Å². The van der Waals surface area contributed by atoms with Gasteiger partial charge in [-0.2, -0.15) is 0 Å². The minimum atomic E-state index is -0.249. The number of anilines is 1. The Morgan fingerprint density at radius 2 is 2.08 bits per heavy atom. The van der Waals surface area contributed by atoms with Gasteiger partial charge in [0.2, 0.25) is 0 Å². The number of hydrogen-bond donors (Lipinski definition) is 2. The minimum absolute atomic E-state index is 0.249. The Morgan fingerprint density at radius 1 is 1.29 bits per heavy atom. The molecule has 24 heavy (non-hydrogen) atoms. The van der Waals surface area contributed by atoms with Gasteiger partial charge in [0.25, 0.3) is 0 Å². The van der Waals surface area contributed by atoms with Crippen LogP contribution >= 0.6 is 23.6 Å². The number of carbonyl (C=O) groups excluding carboxylic acids is 1. The number of ether oxygens (including phenoxy) is 2. The third-order valence-corrected chi connectivity index (χ3v) is 5.39. The number of methoxy groups -OCH3 is 1. The van der Waals surface area contributed by atoms with Crippen LogP contribution in [0.3, 0.4) is 0 Å². The second-order valence-electron chi connectivity index (χ2n) is 5.72. The predicted molar refractivity (Wildman–Crippen MR) is 102 cm³/mol. The van der Waals surface area contributed by atoms with Crippen molar-refractivity contribution >= 4 is 39.6 Å². The Kier molecular flexibility index (Phi) is 7.94. The summed E-state index contributed by atoms with van der Waals surface area (Å²) in [6.45, 7) is 3.64. The Balaban J connectivity index is 2.13. The maximum absolute atomic E-state index is 12.5. The normalized spacial score (nSPS) is 13.8. The molecule has 1 aliphatic carbocycles. The fraction of sp³-hybridized carbons (Fsp3) is 0.647. The summed E-state index contributed by atoms with van der Waals surface area (Å²) >= 11 is 6.99. The quantitative estimate of drug-likeness (QED) is 0.331. The summed E-state index contributed by atoms with van der Waals surface area (Å²) in [5.74, 6) is -0.249. The van der Waals surface area contributed by atoms with Crippen molar-refractivity contribution in [1.82, 2.24) is 5.32 Å². The van der Waals surface area contributed by atoms with Gasteiger partial charge in [0.15, 0.2) is 5.11 Å². The Labute approximate surface area is 153 Å². The monoisotopic (exact) mass is 370 g/mol. The zero-order chi connectivity index (χ0) is 17.4. The van der Waals surface area contributed by atoms with E-state index in [1.54, 1.807) is 18.4 Å². The molecule has 134 valence electrons. The molecule has 5 nitrogen and oxygen atoms in total. The van der Waals surface area contributed by atoms with Crippen molar-refractivity contribution in [2.45, 2.75) is 45.4 Å². The lowest BCUT2D eigenvalue weighted by molar-refractivity contribution is 0.0527. The first-order valence-electron chi connectivity index (χ1n) is 8.52. The molecule has 0 atom stereocenters. The van der Waals surface area contributed by atoms with Gasteiger partial charge in [0.05, 0.1) is 12.2 Å². The molecular formula is C17H26N2O3S2. The van der Waals surface area contributed by atoms with Gasteiger partial charge in [0.1, 0.15) is 5.00 Å². The van der Waals surface area contributed by atoms with Crippen molar-refractivity contribution < 1.29 is 14.3 Å². The number of carbonyl (C=O) groups is 1. The highest BCUT2D eigenvalue weighted by Gasteiger charge is 2.26. The Hall–Kier alpha value is -1.18. The largest absolute Gasteiger partial charge is 0.462 e. The first-order valence-corrected chi connectivity index (χ1v) is 9.75. The van der Waals surface area contributed by atoms with E-state index < -0.39 is 0 Å². The maximum atomic E-state index is 12.5. The zero-order valence-electron chi connectivity index (χ0n) is 14.4. The van der Waals surface area contributed by atoms with Crippen molar-refractivity contribution in [3.63, 3.8) is 0 Å². The van der Waals surface area contributed by atoms with Crippen LogP contribution in [0.15, 0.2) is 0 Å². The highest BCUT2D eigenvalue weighted by atomic mass is 32.1. The molecule has 0 saturated carbocycles. The van der Waals surface area contributed by atoms with Crippen LogP contribution < -0.4 is 10.6 Å². The fourth-order valence-electron chi connectivity index (χ4n) is 2.82. The summed E-state index contributed by atoms with van der Waals surface area (Å²) in [6.07, 6.45) is 6.36. The number of nitrogens with one attached hydrogen (secondary N) is 2. The average Bonchev–Trinajstić information content (AvgIpc) is 2.73. The minimum Gasteiger partial charge on any atom is -0.462 e. The van der Waals surface area contributed by atoms with E-state index in [1.165, 1.54) is 17.7 Å². The zero-order valence-corrected chi connectivity index (χ0v) is 16.0. The van der Waals surface area contributed by atoms with Crippen LogP contribution in [0.4, 0.5) is 5.00 Å². The van der Waals surface area contributed by atoms with Crippen LogP contribution in [0.1, 0.15) is 53.4 Å². The van der Waals surface area contributed by atoms with Crippen LogP contribution in [0.2, 0.25) is 0 Å². The lowest BCUT2D eigenvalue weighted by Gasteiger charge is -2.11. The van der Waals surface area contributed by atoms with Crippen molar-refractivity contribution in [2.75, 3.05) is 32.2 Å². The summed E-state index contributed by atoms with van der Waals surface area (Å²) in [6, 6.07) is 0. The van der Waals surface area contributed by atoms with Gasteiger partial charge in [-0.3, -0.25) is 0 Å². The van der Waals surface area contributed by atoms with E-state index in [1.807, 2.05) is 6.92 Å². The molecule has 1 aromatic rings. The first-order chi connectivity index (χ1) is 11.7. The number of thiophene rings is 1. The summed E-state index contributed by atoms with van der Waals surface area (Å²) in [4.78, 5) is 13.7. The summed E-state index contributed by atoms with van der Waals surface area (Å²) in [7, 11) is 1.68. The van der Waals surface area contributed by atoms with E-state index in [0.717, 1.165) is 42.8 Å². The predicted octanol–water partition coefficient (Wildman–Crippen LogP) is 3.52. The van der Waals surface area contributed by atoms with Crippen LogP contribution in [-0.2, 0) is 22.3 Å². The molecule has 0 aliphatic heterocycles. The van der Waals surface area contributed by atoms with Gasteiger partial charge in [-0.05, 0) is 56.8 Å². The van der Waals surface area contributed by atoms with Crippen LogP contribution in [-0.4, -0.2) is 38.0 Å². The fourth-order valence-corrected chi connectivity index (χ4v) is 4.37. The van der Waals surface area contributed by atoms with Crippen LogP contribution in [0.5, 0.6) is 0 Å². The number of rotatable bonds is 7. The molecule has 0 aromatic carbocycles. The molecular weight excluding hydrogens is 344 g/mol. The summed E-state index contributed by atoms with van der Waals surface area (Å²) in [5, 5.41) is 7.70. The molecule has 0 amide bonds. The van der Waals surface area contributed by atoms with E-state index in [-0.39, 0.29) is 5.97 Å². The molecule has 2 rings (SSSR count). The van der Waals surface area contributed by atoms with Crippen LogP contribution in [0, 0.1) is 0 Å². The first kappa shape index (κ1) is 19.1. The standard InChI is InChI=1S/C17H26N2O3S2/c1-3-22-16(20)14-12-8-5-4-6-9-13(12)24-15(14)19-17(23)18-10-7-11-21-2/h3-11H2,1-2H3,(H2,18,19,23). The molecule has 7 heteroatoms. The molecule has 0 saturated heterocycles. The number of hydrogen-bond acceptors (Lipinski definition) is 5. The van der Waals surface area contributed by atoms with Gasteiger partial charge >= 0.3 is 5.97 Å². The molecule has 1 aliphatic rings. The summed E-state index contributed by atoms with van der Waals surface area (Å²) in [5.41, 5.74) is 1.83. The van der Waals surface area contributed by atoms with E-state index in [0.29, 0.717) is 23.9 Å². The van der Waals surface area contributed by atoms with Crippen molar-refractivity contribution in [3.05, 3.63) is 16.0 Å². The molecule has 1 aromatic heterocycles. The molecule has 0 radical (unpaired) electrons. The lowest BCUT2D eigenvalue weighted by Crippen LogP contribution is -2.30. The van der Waals surface area contributed by atoms with E-state index in [2.05, 4.69) is 10.6 Å².